The van der Waals surface area contributed by atoms with Gasteiger partial charge in [-0.25, -0.2) is 0 Å². The SMILES string of the molecule is CN1C(=O)c2ccccc2N[C@H]1c1cccnc1. The Labute approximate surface area is 105 Å². The van der Waals surface area contributed by atoms with Gasteiger partial charge in [0.25, 0.3) is 5.91 Å². The van der Waals surface area contributed by atoms with E-state index in [2.05, 4.69) is 10.3 Å². The molecule has 90 valence electrons. The molecule has 18 heavy (non-hydrogen) atoms. The first kappa shape index (κ1) is 10.8. The lowest BCUT2D eigenvalue weighted by Gasteiger charge is -2.35. The third-order valence-corrected chi connectivity index (χ3v) is 3.16. The van der Waals surface area contributed by atoms with E-state index in [-0.39, 0.29) is 12.1 Å². The minimum atomic E-state index is -0.166. The fraction of sp³-hybridized carbons (Fsp3) is 0.143. The van der Waals surface area contributed by atoms with Crippen molar-refractivity contribution in [3.05, 3.63) is 59.9 Å². The molecule has 4 heteroatoms. The van der Waals surface area contributed by atoms with E-state index in [1.54, 1.807) is 24.3 Å². The van der Waals surface area contributed by atoms with E-state index in [1.807, 2.05) is 36.4 Å². The lowest BCUT2D eigenvalue weighted by atomic mass is 10.1. The molecule has 1 aromatic heterocycles. The van der Waals surface area contributed by atoms with Gasteiger partial charge < -0.3 is 10.2 Å². The van der Waals surface area contributed by atoms with Crippen molar-refractivity contribution in [1.82, 2.24) is 9.88 Å². The summed E-state index contributed by atoms with van der Waals surface area (Å²) in [6.07, 6.45) is 3.33. The molecule has 2 aromatic rings. The Bertz CT molecular complexity index is 583. The molecule has 1 aromatic carbocycles. The molecule has 0 aliphatic carbocycles. The summed E-state index contributed by atoms with van der Waals surface area (Å²) in [6.45, 7) is 0. The fourth-order valence-electron chi connectivity index (χ4n) is 2.19. The molecule has 0 bridgehead atoms. The highest BCUT2D eigenvalue weighted by molar-refractivity contribution is 6.01. The van der Waals surface area contributed by atoms with Gasteiger partial charge in [0.1, 0.15) is 6.17 Å². The zero-order valence-corrected chi connectivity index (χ0v) is 10.00. The number of fused-ring (bicyclic) bond motifs is 1. The smallest absolute Gasteiger partial charge is 0.257 e. The quantitative estimate of drug-likeness (QED) is 0.830. The predicted molar refractivity (Wildman–Crippen MR) is 69.1 cm³/mol. The number of hydrogen-bond acceptors (Lipinski definition) is 3. The highest BCUT2D eigenvalue weighted by Gasteiger charge is 2.29. The van der Waals surface area contributed by atoms with Crippen LogP contribution in [0.3, 0.4) is 0 Å². The van der Waals surface area contributed by atoms with Crippen LogP contribution in [0.5, 0.6) is 0 Å². The number of para-hydroxylation sites is 1. The summed E-state index contributed by atoms with van der Waals surface area (Å²) < 4.78 is 0. The number of benzene rings is 1. The molecule has 0 saturated carbocycles. The molecule has 1 amide bonds. The van der Waals surface area contributed by atoms with Crippen LogP contribution in [0.25, 0.3) is 0 Å². The zero-order valence-electron chi connectivity index (χ0n) is 10.00. The van der Waals surface area contributed by atoms with Crippen LogP contribution in [-0.4, -0.2) is 22.8 Å². The number of aromatic nitrogens is 1. The van der Waals surface area contributed by atoms with E-state index in [0.29, 0.717) is 5.56 Å². The van der Waals surface area contributed by atoms with Gasteiger partial charge in [0, 0.05) is 30.7 Å². The standard InChI is InChI=1S/C14H13N3O/c1-17-13(10-5-4-8-15-9-10)16-12-7-3-2-6-11(12)14(17)18/h2-9,13,16H,1H3/t13-/m1/s1. The Hall–Kier alpha value is -2.36. The van der Waals surface area contributed by atoms with E-state index in [1.165, 1.54) is 0 Å². The highest BCUT2D eigenvalue weighted by Crippen LogP contribution is 2.31. The van der Waals surface area contributed by atoms with Crippen molar-refractivity contribution in [2.45, 2.75) is 6.17 Å². The number of hydrogen-bond donors (Lipinski definition) is 1. The number of carbonyl (C=O) groups is 1. The summed E-state index contributed by atoms with van der Waals surface area (Å²) in [5, 5.41) is 3.36. The van der Waals surface area contributed by atoms with Crippen LogP contribution < -0.4 is 5.32 Å². The number of pyridine rings is 1. The lowest BCUT2D eigenvalue weighted by Crippen LogP contribution is -2.40. The zero-order chi connectivity index (χ0) is 12.5. The maximum atomic E-state index is 12.3. The van der Waals surface area contributed by atoms with Crippen LogP contribution in [0.2, 0.25) is 0 Å². The first-order chi connectivity index (χ1) is 8.77. The van der Waals surface area contributed by atoms with Crippen LogP contribution in [0.4, 0.5) is 5.69 Å². The monoisotopic (exact) mass is 239 g/mol. The van der Waals surface area contributed by atoms with Gasteiger partial charge >= 0.3 is 0 Å². The van der Waals surface area contributed by atoms with E-state index in [4.69, 9.17) is 0 Å². The molecule has 1 aliphatic rings. The molecule has 0 saturated heterocycles. The van der Waals surface area contributed by atoms with Crippen molar-refractivity contribution in [3.63, 3.8) is 0 Å². The summed E-state index contributed by atoms with van der Waals surface area (Å²) in [4.78, 5) is 18.1. The normalized spacial score (nSPS) is 18.2. The summed E-state index contributed by atoms with van der Waals surface area (Å²) in [5.74, 6) is 0.0261. The molecule has 1 atom stereocenters. The number of rotatable bonds is 1. The molecular weight excluding hydrogens is 226 g/mol. The van der Waals surface area contributed by atoms with Crippen LogP contribution >= 0.6 is 0 Å². The van der Waals surface area contributed by atoms with Crippen molar-refractivity contribution in [3.8, 4) is 0 Å². The largest absolute Gasteiger partial charge is 0.361 e. The van der Waals surface area contributed by atoms with Gasteiger partial charge in [-0.15, -0.1) is 0 Å². The van der Waals surface area contributed by atoms with Crippen molar-refractivity contribution in [2.75, 3.05) is 12.4 Å². The van der Waals surface area contributed by atoms with Crippen LogP contribution in [0.15, 0.2) is 48.8 Å². The molecule has 0 radical (unpaired) electrons. The lowest BCUT2D eigenvalue weighted by molar-refractivity contribution is 0.0735. The number of nitrogens with one attached hydrogen (secondary N) is 1. The molecule has 1 N–H and O–H groups in total. The van der Waals surface area contributed by atoms with E-state index < -0.39 is 0 Å². The van der Waals surface area contributed by atoms with E-state index in [0.717, 1.165) is 11.3 Å². The second kappa shape index (κ2) is 4.14. The minimum absolute atomic E-state index is 0.0261. The van der Waals surface area contributed by atoms with E-state index in [9.17, 15) is 4.79 Å². The molecule has 0 fully saturated rings. The summed E-state index contributed by atoms with van der Waals surface area (Å²) in [5.41, 5.74) is 2.55. The first-order valence-electron chi connectivity index (χ1n) is 5.80. The van der Waals surface area contributed by atoms with Gasteiger partial charge in [-0.2, -0.15) is 0 Å². The van der Waals surface area contributed by atoms with Crippen molar-refractivity contribution >= 4 is 11.6 Å². The van der Waals surface area contributed by atoms with Crippen LogP contribution in [0.1, 0.15) is 22.1 Å². The van der Waals surface area contributed by atoms with Crippen molar-refractivity contribution in [1.29, 1.82) is 0 Å². The molecule has 1 aliphatic heterocycles. The van der Waals surface area contributed by atoms with Crippen molar-refractivity contribution in [2.24, 2.45) is 0 Å². The summed E-state index contributed by atoms with van der Waals surface area (Å²) in [6, 6.07) is 11.4. The topological polar surface area (TPSA) is 45.2 Å². The third kappa shape index (κ3) is 1.62. The van der Waals surface area contributed by atoms with Gasteiger partial charge in [0.2, 0.25) is 0 Å². The molecule has 3 rings (SSSR count). The summed E-state index contributed by atoms with van der Waals surface area (Å²) in [7, 11) is 1.79. The number of amides is 1. The summed E-state index contributed by atoms with van der Waals surface area (Å²) >= 11 is 0. The third-order valence-electron chi connectivity index (χ3n) is 3.16. The fourth-order valence-corrected chi connectivity index (χ4v) is 2.19. The maximum Gasteiger partial charge on any atom is 0.257 e. The van der Waals surface area contributed by atoms with Gasteiger partial charge in [0.05, 0.1) is 5.56 Å². The first-order valence-corrected chi connectivity index (χ1v) is 5.80. The van der Waals surface area contributed by atoms with Gasteiger partial charge in [0.15, 0.2) is 0 Å². The van der Waals surface area contributed by atoms with E-state index >= 15 is 0 Å². The van der Waals surface area contributed by atoms with Gasteiger partial charge in [-0.1, -0.05) is 18.2 Å². The Balaban J connectivity index is 2.04. The molecule has 0 spiro atoms. The maximum absolute atomic E-state index is 12.3. The Kier molecular flexibility index (Phi) is 2.48. The Morgan fingerprint density at radius 3 is 2.83 bits per heavy atom. The average molecular weight is 239 g/mol. The Morgan fingerprint density at radius 2 is 2.06 bits per heavy atom. The van der Waals surface area contributed by atoms with Gasteiger partial charge in [-0.3, -0.25) is 9.78 Å². The van der Waals surface area contributed by atoms with Crippen LogP contribution in [0, 0.1) is 0 Å². The number of anilines is 1. The predicted octanol–water partition coefficient (Wildman–Crippen LogP) is 2.28. The second-order valence-corrected chi connectivity index (χ2v) is 4.29. The molecular formula is C14H13N3O. The molecule has 4 nitrogen and oxygen atoms in total. The van der Waals surface area contributed by atoms with Gasteiger partial charge in [-0.05, 0) is 18.2 Å². The molecule has 2 heterocycles. The van der Waals surface area contributed by atoms with Crippen LogP contribution in [-0.2, 0) is 0 Å². The van der Waals surface area contributed by atoms with Crippen molar-refractivity contribution < 1.29 is 4.79 Å². The highest BCUT2D eigenvalue weighted by atomic mass is 16.2. The second-order valence-electron chi connectivity index (χ2n) is 4.29. The number of nitrogens with zero attached hydrogens (tertiary/aromatic N) is 2. The average Bonchev–Trinajstić information content (AvgIpc) is 2.44. The number of carbonyl (C=O) groups excluding carboxylic acids is 1. The minimum Gasteiger partial charge on any atom is -0.361 e. The Morgan fingerprint density at radius 1 is 1.22 bits per heavy atom. The molecule has 0 unspecified atom stereocenters.